The summed E-state index contributed by atoms with van der Waals surface area (Å²) in [5.74, 6) is 0. The molecule has 1 aliphatic heterocycles. The maximum absolute atomic E-state index is 5.02. The van der Waals surface area contributed by atoms with E-state index in [9.17, 15) is 0 Å². The molecule has 4 nitrogen and oxygen atoms in total. The predicted molar refractivity (Wildman–Crippen MR) is 88.8 cm³/mol. The highest BCUT2D eigenvalue weighted by atomic mass is 32.1. The summed E-state index contributed by atoms with van der Waals surface area (Å²) in [5.41, 5.74) is 1.34. The van der Waals surface area contributed by atoms with Crippen molar-refractivity contribution < 1.29 is 0 Å². The van der Waals surface area contributed by atoms with E-state index in [0.717, 1.165) is 38.6 Å². The van der Waals surface area contributed by atoms with Gasteiger partial charge in [-0.15, -0.1) is 11.3 Å². The number of nitrogens with zero attached hydrogens (tertiary/aromatic N) is 3. The summed E-state index contributed by atoms with van der Waals surface area (Å²) in [5, 5.41) is 4.97. The molecule has 1 aliphatic carbocycles. The largest absolute Gasteiger partial charge is 0.309 e. The highest BCUT2D eigenvalue weighted by Crippen LogP contribution is 2.31. The standard InChI is InChI=1S/C16H28N4S/c1-4-5-13-15(10-17-12-6-7-12)21-16(18-13)14-11-19(2)8-9-20(14)3/h12,14,17H,4-11H2,1-3H3. The van der Waals surface area contributed by atoms with Crippen molar-refractivity contribution in [2.45, 2.75) is 51.2 Å². The first-order chi connectivity index (χ1) is 10.2. The Hall–Kier alpha value is -0.490. The molecule has 0 spiro atoms. The van der Waals surface area contributed by atoms with Crippen LogP contribution in [0.3, 0.4) is 0 Å². The van der Waals surface area contributed by atoms with Crippen LogP contribution in [0.25, 0.3) is 0 Å². The van der Waals surface area contributed by atoms with Crippen LogP contribution in [-0.4, -0.2) is 54.6 Å². The van der Waals surface area contributed by atoms with E-state index in [0.29, 0.717) is 6.04 Å². The van der Waals surface area contributed by atoms with Gasteiger partial charge in [0.15, 0.2) is 0 Å². The van der Waals surface area contributed by atoms with Gasteiger partial charge in [-0.2, -0.15) is 0 Å². The van der Waals surface area contributed by atoms with E-state index in [4.69, 9.17) is 4.98 Å². The van der Waals surface area contributed by atoms with Crippen molar-refractivity contribution in [3.05, 3.63) is 15.6 Å². The molecule has 1 atom stereocenters. The van der Waals surface area contributed by atoms with Gasteiger partial charge in [0.25, 0.3) is 0 Å². The van der Waals surface area contributed by atoms with Gasteiger partial charge in [0.05, 0.1) is 11.7 Å². The first-order valence-corrected chi connectivity index (χ1v) is 9.09. The molecule has 1 saturated heterocycles. The maximum atomic E-state index is 5.02. The van der Waals surface area contributed by atoms with Gasteiger partial charge < -0.3 is 10.2 Å². The van der Waals surface area contributed by atoms with Gasteiger partial charge >= 0.3 is 0 Å². The third-order valence-corrected chi connectivity index (χ3v) is 5.75. The lowest BCUT2D eigenvalue weighted by atomic mass is 10.2. The molecule has 21 heavy (non-hydrogen) atoms. The Balaban J connectivity index is 1.75. The predicted octanol–water partition coefficient (Wildman–Crippen LogP) is 2.27. The van der Waals surface area contributed by atoms with E-state index in [2.05, 4.69) is 36.1 Å². The highest BCUT2D eigenvalue weighted by molar-refractivity contribution is 7.11. The zero-order valence-corrected chi connectivity index (χ0v) is 14.4. The number of aryl methyl sites for hydroxylation is 1. The van der Waals surface area contributed by atoms with Gasteiger partial charge in [0.1, 0.15) is 5.01 Å². The van der Waals surface area contributed by atoms with Crippen LogP contribution in [0.5, 0.6) is 0 Å². The van der Waals surface area contributed by atoms with Gasteiger partial charge in [-0.1, -0.05) is 13.3 Å². The molecule has 2 aliphatic rings. The third kappa shape index (κ3) is 3.83. The quantitative estimate of drug-likeness (QED) is 0.873. The van der Waals surface area contributed by atoms with Crippen LogP contribution in [0, 0.1) is 0 Å². The average molecular weight is 308 g/mol. The topological polar surface area (TPSA) is 31.4 Å². The van der Waals surface area contributed by atoms with E-state index in [1.165, 1.54) is 34.8 Å². The monoisotopic (exact) mass is 308 g/mol. The minimum atomic E-state index is 0.471. The number of thiazole rings is 1. The van der Waals surface area contributed by atoms with Crippen molar-refractivity contribution in [1.29, 1.82) is 0 Å². The molecular formula is C16H28N4S. The second kappa shape index (κ2) is 6.73. The van der Waals surface area contributed by atoms with Crippen LogP contribution in [-0.2, 0) is 13.0 Å². The van der Waals surface area contributed by atoms with Gasteiger partial charge in [0, 0.05) is 37.1 Å². The summed E-state index contributed by atoms with van der Waals surface area (Å²) >= 11 is 1.94. The molecule has 1 aromatic rings. The van der Waals surface area contributed by atoms with Crippen LogP contribution < -0.4 is 5.32 Å². The molecule has 1 unspecified atom stereocenters. The lowest BCUT2D eigenvalue weighted by Gasteiger charge is -2.36. The van der Waals surface area contributed by atoms with Gasteiger partial charge in [-0.3, -0.25) is 4.90 Å². The molecule has 3 rings (SSSR count). The maximum Gasteiger partial charge on any atom is 0.112 e. The van der Waals surface area contributed by atoms with Crippen molar-refractivity contribution >= 4 is 11.3 Å². The van der Waals surface area contributed by atoms with Crippen molar-refractivity contribution in [2.24, 2.45) is 0 Å². The Morgan fingerprint density at radius 3 is 2.81 bits per heavy atom. The fraction of sp³-hybridized carbons (Fsp3) is 0.812. The summed E-state index contributed by atoms with van der Waals surface area (Å²) in [7, 11) is 4.46. The smallest absolute Gasteiger partial charge is 0.112 e. The van der Waals surface area contributed by atoms with E-state index < -0.39 is 0 Å². The Kier molecular flexibility index (Phi) is 4.94. The van der Waals surface area contributed by atoms with E-state index in [1.54, 1.807) is 0 Å². The summed E-state index contributed by atoms with van der Waals surface area (Å²) in [6, 6.07) is 1.24. The van der Waals surface area contributed by atoms with E-state index in [1.807, 2.05) is 11.3 Å². The van der Waals surface area contributed by atoms with Gasteiger partial charge in [-0.05, 0) is 33.4 Å². The molecule has 0 bridgehead atoms. The lowest BCUT2D eigenvalue weighted by molar-refractivity contribution is 0.115. The number of piperazine rings is 1. The van der Waals surface area contributed by atoms with Crippen molar-refractivity contribution in [1.82, 2.24) is 20.1 Å². The molecule has 1 aromatic heterocycles. The Morgan fingerprint density at radius 2 is 2.10 bits per heavy atom. The minimum Gasteiger partial charge on any atom is -0.309 e. The number of hydrogen-bond acceptors (Lipinski definition) is 5. The molecule has 2 fully saturated rings. The fourth-order valence-electron chi connectivity index (χ4n) is 2.92. The third-order valence-electron chi connectivity index (χ3n) is 4.55. The average Bonchev–Trinajstić information content (AvgIpc) is 3.21. The molecule has 0 radical (unpaired) electrons. The first kappa shape index (κ1) is 15.4. The minimum absolute atomic E-state index is 0.471. The molecule has 118 valence electrons. The summed E-state index contributed by atoms with van der Waals surface area (Å²) < 4.78 is 0. The first-order valence-electron chi connectivity index (χ1n) is 8.28. The number of hydrogen-bond donors (Lipinski definition) is 1. The Bertz CT molecular complexity index is 469. The summed E-state index contributed by atoms with van der Waals surface area (Å²) in [6.45, 7) is 6.67. The Morgan fingerprint density at radius 1 is 1.29 bits per heavy atom. The molecular weight excluding hydrogens is 280 g/mol. The van der Waals surface area contributed by atoms with Crippen LogP contribution >= 0.6 is 11.3 Å². The van der Waals surface area contributed by atoms with E-state index in [-0.39, 0.29) is 0 Å². The molecule has 1 N–H and O–H groups in total. The summed E-state index contributed by atoms with van der Waals surface area (Å²) in [4.78, 5) is 11.4. The second-order valence-electron chi connectivity index (χ2n) is 6.59. The van der Waals surface area contributed by atoms with E-state index >= 15 is 0 Å². The highest BCUT2D eigenvalue weighted by Gasteiger charge is 2.28. The van der Waals surface area contributed by atoms with Crippen LogP contribution in [0.2, 0.25) is 0 Å². The van der Waals surface area contributed by atoms with Crippen LogP contribution in [0.15, 0.2) is 0 Å². The normalized spacial score (nSPS) is 24.6. The van der Waals surface area contributed by atoms with Crippen molar-refractivity contribution in [3.8, 4) is 0 Å². The lowest BCUT2D eigenvalue weighted by Crippen LogP contribution is -2.44. The molecule has 0 amide bonds. The van der Waals surface area contributed by atoms with Gasteiger partial charge in [0.2, 0.25) is 0 Å². The van der Waals surface area contributed by atoms with Crippen LogP contribution in [0.4, 0.5) is 0 Å². The number of aromatic nitrogens is 1. The zero-order valence-electron chi connectivity index (χ0n) is 13.6. The molecule has 1 saturated carbocycles. The SMILES string of the molecule is CCCc1nc(C2CN(C)CCN2C)sc1CNC1CC1. The van der Waals surface area contributed by atoms with Gasteiger partial charge in [-0.25, -0.2) is 4.98 Å². The van der Waals surface area contributed by atoms with Crippen molar-refractivity contribution in [2.75, 3.05) is 33.7 Å². The van der Waals surface area contributed by atoms with Crippen molar-refractivity contribution in [3.63, 3.8) is 0 Å². The number of likely N-dealkylation sites (N-methyl/N-ethyl adjacent to an activating group) is 2. The Labute approximate surface area is 132 Å². The zero-order chi connectivity index (χ0) is 14.8. The number of rotatable bonds is 6. The number of nitrogens with one attached hydrogen (secondary N) is 1. The fourth-order valence-corrected chi connectivity index (χ4v) is 4.14. The molecule has 2 heterocycles. The molecule has 0 aromatic carbocycles. The second-order valence-corrected chi connectivity index (χ2v) is 7.70. The summed E-state index contributed by atoms with van der Waals surface area (Å²) in [6.07, 6.45) is 5.00. The van der Waals surface area contributed by atoms with Crippen LogP contribution in [0.1, 0.15) is 47.8 Å². The molecule has 5 heteroatoms.